The van der Waals surface area contributed by atoms with E-state index in [1.54, 1.807) is 0 Å². The fraction of sp³-hybridized carbons (Fsp3) is 0. The minimum atomic E-state index is 0. The summed E-state index contributed by atoms with van der Waals surface area (Å²) in [7, 11) is 0.410. The largest absolute Gasteiger partial charge is 2.00 e. The molecule has 0 rings (SSSR count). The van der Waals surface area contributed by atoms with Gasteiger partial charge in [0, 0.05) is 0 Å². The van der Waals surface area contributed by atoms with Gasteiger partial charge in [0.25, 0.3) is 0 Å². The second kappa shape index (κ2) is 8.86. The van der Waals surface area contributed by atoms with Crippen molar-refractivity contribution in [1.82, 2.24) is 0 Å². The van der Waals surface area contributed by atoms with Crippen LogP contribution in [0.4, 0.5) is 0 Å². The predicted molar refractivity (Wildman–Crippen MR) is 24.8 cm³/mol. The Morgan fingerprint density at radius 2 is 2.20 bits per heavy atom. The van der Waals surface area contributed by atoms with Gasteiger partial charge in [0.2, 0.25) is 10.5 Å². The van der Waals surface area contributed by atoms with E-state index in [-0.39, 0.29) is 40.6 Å². The maximum atomic E-state index is 8.74. The zero-order chi connectivity index (χ0) is 3.41. The predicted octanol–water partition coefficient (Wildman–Crippen LogP) is -1.19. The van der Waals surface area contributed by atoms with Crippen LogP contribution in [0.2, 0.25) is 0 Å². The monoisotopic (exact) mass is 119 g/mol. The molecule has 5 heavy (non-hydrogen) atoms. The molecule has 0 aromatic heterocycles. The van der Waals surface area contributed by atoms with Crippen molar-refractivity contribution < 1.29 is 7.38 Å². The molecule has 0 aliphatic carbocycles. The van der Waals surface area contributed by atoms with Gasteiger partial charge in [0.05, 0.1) is 0 Å². The van der Waals surface area contributed by atoms with Crippen LogP contribution < -0.4 is 0 Å². The SMILES string of the molecule is O=NO[SiH3].[Ca+2].[H-].[H-]. The molecule has 0 atom stereocenters. The zero-order valence-electron chi connectivity index (χ0n) is 4.97. The summed E-state index contributed by atoms with van der Waals surface area (Å²) in [4.78, 5) is 8.74. The Labute approximate surface area is 65.5 Å². The van der Waals surface area contributed by atoms with Crippen molar-refractivity contribution >= 4 is 48.2 Å². The smallest absolute Gasteiger partial charge is 1.00 e. The van der Waals surface area contributed by atoms with Crippen LogP contribution in [-0.4, -0.2) is 48.2 Å². The van der Waals surface area contributed by atoms with Crippen molar-refractivity contribution in [2.24, 2.45) is 5.34 Å². The molecule has 0 heterocycles. The molecule has 0 saturated heterocycles. The summed E-state index contributed by atoms with van der Waals surface area (Å²) < 4.78 is 3.75. The Morgan fingerprint density at radius 1 is 2.00 bits per heavy atom. The van der Waals surface area contributed by atoms with E-state index in [1.807, 2.05) is 5.34 Å². The fourth-order valence-corrected chi connectivity index (χ4v) is 0. The van der Waals surface area contributed by atoms with E-state index in [2.05, 4.69) is 4.53 Å². The van der Waals surface area contributed by atoms with Crippen LogP contribution in [-0.2, 0) is 4.53 Å². The third kappa shape index (κ3) is 11.5. The van der Waals surface area contributed by atoms with E-state index in [4.69, 9.17) is 4.91 Å². The minimum absolute atomic E-state index is 0. The first-order chi connectivity index (χ1) is 1.91. The van der Waals surface area contributed by atoms with Gasteiger partial charge in [-0.25, -0.2) is 0 Å². The van der Waals surface area contributed by atoms with Crippen LogP contribution in [0.5, 0.6) is 0 Å². The number of nitrogens with zero attached hydrogens (tertiary/aromatic N) is 1. The van der Waals surface area contributed by atoms with Crippen molar-refractivity contribution in [3.63, 3.8) is 0 Å². The summed E-state index contributed by atoms with van der Waals surface area (Å²) in [6.45, 7) is 0. The number of rotatable bonds is 1. The van der Waals surface area contributed by atoms with Crippen molar-refractivity contribution in [2.45, 2.75) is 0 Å². The first-order valence-electron chi connectivity index (χ1n) is 0.773. The van der Waals surface area contributed by atoms with Crippen molar-refractivity contribution in [2.75, 3.05) is 0 Å². The van der Waals surface area contributed by atoms with Gasteiger partial charge in [0.1, 0.15) is 5.34 Å². The molecule has 0 unspecified atom stereocenters. The van der Waals surface area contributed by atoms with Crippen LogP contribution in [0, 0.1) is 4.91 Å². The second-order valence-electron chi connectivity index (χ2n) is 0.257. The Hall–Kier alpha value is 0.877. The summed E-state index contributed by atoms with van der Waals surface area (Å²) in [6, 6.07) is 0. The van der Waals surface area contributed by atoms with Crippen LogP contribution in [0.1, 0.15) is 2.85 Å². The van der Waals surface area contributed by atoms with Crippen molar-refractivity contribution in [3.8, 4) is 0 Å². The Balaban J connectivity index is -0.0000000150. The Bertz CT molecular complexity index is 29.7. The topological polar surface area (TPSA) is 38.7 Å². The molecule has 0 fully saturated rings. The molecule has 0 spiro atoms. The minimum Gasteiger partial charge on any atom is -1.00 e. The summed E-state index contributed by atoms with van der Waals surface area (Å²) in [5, 5.41) is 2.05. The van der Waals surface area contributed by atoms with Crippen LogP contribution >= 0.6 is 0 Å². The van der Waals surface area contributed by atoms with E-state index in [9.17, 15) is 0 Å². The van der Waals surface area contributed by atoms with Gasteiger partial charge >= 0.3 is 37.7 Å². The molecule has 0 N–H and O–H groups in total. The zero-order valence-corrected chi connectivity index (χ0v) is 7.18. The maximum Gasteiger partial charge on any atom is 2.00 e. The molecule has 0 aliphatic heterocycles. The molecule has 0 aromatic carbocycles. The van der Waals surface area contributed by atoms with Gasteiger partial charge in [0.15, 0.2) is 0 Å². The van der Waals surface area contributed by atoms with Gasteiger partial charge in [-0.2, -0.15) is 0 Å². The molecule has 0 aliphatic rings. The molecular weight excluding hydrogens is 114 g/mol. The Kier molecular flexibility index (Phi) is 16.5. The Morgan fingerprint density at radius 3 is 2.20 bits per heavy atom. The molecule has 0 bridgehead atoms. The first kappa shape index (κ1) is 9.30. The molecule has 0 radical (unpaired) electrons. The molecule has 0 saturated carbocycles. The average Bonchev–Trinajstić information content (AvgIpc) is 1.37. The standard InChI is InChI=1S/Ca.H3NO2Si.2H/c;2-1-3-4;;/h;4H3;;/q+2;;2*-1. The molecule has 0 amide bonds. The molecule has 0 aromatic rings. The molecule has 5 heteroatoms. The average molecular weight is 119 g/mol. The summed E-state index contributed by atoms with van der Waals surface area (Å²) in [5.41, 5.74) is 0. The quantitative estimate of drug-likeness (QED) is 0.247. The third-order valence-electron chi connectivity index (χ3n) is 0.0745. The molecule has 3 nitrogen and oxygen atoms in total. The van der Waals surface area contributed by atoms with Crippen LogP contribution in [0.3, 0.4) is 0 Å². The summed E-state index contributed by atoms with van der Waals surface area (Å²) >= 11 is 0. The molecule has 28 valence electrons. The van der Waals surface area contributed by atoms with E-state index < -0.39 is 0 Å². The van der Waals surface area contributed by atoms with Gasteiger partial charge in [-0.05, 0) is 0 Å². The summed E-state index contributed by atoms with van der Waals surface area (Å²) in [5.74, 6) is 0. The van der Waals surface area contributed by atoms with Gasteiger partial charge < -0.3 is 7.38 Å². The van der Waals surface area contributed by atoms with E-state index >= 15 is 0 Å². The van der Waals surface area contributed by atoms with Gasteiger partial charge in [-0.15, -0.1) is 4.91 Å². The van der Waals surface area contributed by atoms with Gasteiger partial charge in [-0.3, -0.25) is 0 Å². The van der Waals surface area contributed by atoms with Crippen LogP contribution in [0.25, 0.3) is 0 Å². The number of hydrogen-bond acceptors (Lipinski definition) is 3. The van der Waals surface area contributed by atoms with Crippen LogP contribution in [0.15, 0.2) is 5.34 Å². The van der Waals surface area contributed by atoms with E-state index in [1.165, 1.54) is 0 Å². The summed E-state index contributed by atoms with van der Waals surface area (Å²) in [6.07, 6.45) is 0. The number of hydrogen-bond donors (Lipinski definition) is 0. The van der Waals surface area contributed by atoms with Crippen molar-refractivity contribution in [1.29, 1.82) is 0 Å². The van der Waals surface area contributed by atoms with Crippen molar-refractivity contribution in [3.05, 3.63) is 4.91 Å². The third-order valence-corrected chi connectivity index (χ3v) is 0.224. The van der Waals surface area contributed by atoms with E-state index in [0.717, 1.165) is 0 Å². The van der Waals surface area contributed by atoms with E-state index in [0.29, 0.717) is 10.5 Å². The van der Waals surface area contributed by atoms with Gasteiger partial charge in [-0.1, -0.05) is 0 Å². The fourth-order valence-electron chi connectivity index (χ4n) is 0. The normalized spacial score (nSPS) is 4.80. The maximum absolute atomic E-state index is 8.74. The second-order valence-corrected chi connectivity index (χ2v) is 0.622. The first-order valence-corrected chi connectivity index (χ1v) is 1.59. The molecular formula is H5CaNO2Si.